The number of hydrogen-bond donors (Lipinski definition) is 4. The molecule has 0 bridgehead atoms. The number of alkyl carbamates (subject to hydrolysis) is 1. The predicted molar refractivity (Wildman–Crippen MR) is 122 cm³/mol. The number of fused-ring (bicyclic) bond motifs is 3. The van der Waals surface area contributed by atoms with Crippen molar-refractivity contribution in [3.63, 3.8) is 0 Å². The number of aliphatic hydroxyl groups excluding tert-OH is 2. The quantitative estimate of drug-likeness (QED) is 0.373. The fourth-order valence-electron chi connectivity index (χ4n) is 4.12. The number of halogens is 3. The standard InChI is InChI=1S/C25H23F3N2O5/c26-25(27,28)35-22-11-14(9-10-20(22)29)23(32)21(31)12-30-24(33)34-13-19-17-7-3-1-5-15(17)16-6-2-4-8-18(16)19/h1-11,19,21,23,31-32H,12-13,29H2,(H,30,33). The number of rotatable bonds is 7. The average Bonchev–Trinajstić information content (AvgIpc) is 3.15. The molecule has 0 heterocycles. The van der Waals surface area contributed by atoms with Crippen molar-refractivity contribution >= 4 is 11.8 Å². The van der Waals surface area contributed by atoms with Gasteiger partial charge in [-0.2, -0.15) is 0 Å². The van der Waals surface area contributed by atoms with Gasteiger partial charge in [0.15, 0.2) is 5.75 Å². The lowest BCUT2D eigenvalue weighted by Gasteiger charge is -2.20. The molecule has 35 heavy (non-hydrogen) atoms. The molecule has 4 rings (SSSR count). The molecule has 0 spiro atoms. The van der Waals surface area contributed by atoms with Crippen LogP contribution >= 0.6 is 0 Å². The maximum Gasteiger partial charge on any atom is 0.573 e. The van der Waals surface area contributed by atoms with Gasteiger partial charge in [0, 0.05) is 12.5 Å². The van der Waals surface area contributed by atoms with E-state index in [0.717, 1.165) is 34.4 Å². The maximum absolute atomic E-state index is 12.5. The summed E-state index contributed by atoms with van der Waals surface area (Å²) in [6.45, 7) is -0.341. The van der Waals surface area contributed by atoms with Gasteiger partial charge in [-0.05, 0) is 39.9 Å². The van der Waals surface area contributed by atoms with E-state index in [1.807, 2.05) is 48.5 Å². The lowest BCUT2D eigenvalue weighted by atomic mass is 9.98. The number of nitrogens with two attached hydrogens (primary N) is 1. The van der Waals surface area contributed by atoms with Crippen molar-refractivity contribution in [1.82, 2.24) is 5.32 Å². The van der Waals surface area contributed by atoms with Crippen LogP contribution < -0.4 is 15.8 Å². The highest BCUT2D eigenvalue weighted by Gasteiger charge is 2.33. The van der Waals surface area contributed by atoms with E-state index >= 15 is 0 Å². The normalized spacial score (nSPS) is 14.5. The van der Waals surface area contributed by atoms with Crippen LogP contribution in [0, 0.1) is 0 Å². The van der Waals surface area contributed by atoms with Gasteiger partial charge in [0.1, 0.15) is 18.8 Å². The van der Waals surface area contributed by atoms with E-state index in [4.69, 9.17) is 10.5 Å². The summed E-state index contributed by atoms with van der Waals surface area (Å²) < 4.78 is 46.7. The highest BCUT2D eigenvalue weighted by molar-refractivity contribution is 5.79. The van der Waals surface area contributed by atoms with Gasteiger partial charge in [-0.15, -0.1) is 13.2 Å². The first-order chi connectivity index (χ1) is 16.6. The Morgan fingerprint density at radius 1 is 1.00 bits per heavy atom. The molecule has 1 amide bonds. The van der Waals surface area contributed by atoms with Gasteiger partial charge in [-0.1, -0.05) is 54.6 Å². The van der Waals surface area contributed by atoms with Gasteiger partial charge in [0.25, 0.3) is 0 Å². The highest BCUT2D eigenvalue weighted by Crippen LogP contribution is 2.44. The molecule has 0 fully saturated rings. The maximum atomic E-state index is 12.5. The molecule has 0 aliphatic heterocycles. The predicted octanol–water partition coefficient (Wildman–Crippen LogP) is 4.10. The molecule has 2 atom stereocenters. The first-order valence-corrected chi connectivity index (χ1v) is 10.7. The average molecular weight is 488 g/mol. The zero-order chi connectivity index (χ0) is 25.2. The van der Waals surface area contributed by atoms with Crippen LogP contribution in [-0.2, 0) is 4.74 Å². The molecule has 7 nitrogen and oxygen atoms in total. The van der Waals surface area contributed by atoms with Gasteiger partial charge < -0.3 is 30.7 Å². The van der Waals surface area contributed by atoms with Gasteiger partial charge in [0.05, 0.1) is 5.69 Å². The number of alkyl halides is 3. The van der Waals surface area contributed by atoms with Crippen LogP contribution in [0.2, 0.25) is 0 Å². The van der Waals surface area contributed by atoms with Gasteiger partial charge in [-0.25, -0.2) is 4.79 Å². The fourth-order valence-corrected chi connectivity index (χ4v) is 4.12. The topological polar surface area (TPSA) is 114 Å². The first kappa shape index (κ1) is 24.4. The van der Waals surface area contributed by atoms with E-state index in [1.165, 1.54) is 6.07 Å². The molecule has 0 saturated carbocycles. The molecule has 3 aromatic carbocycles. The van der Waals surface area contributed by atoms with Crippen LogP contribution in [0.3, 0.4) is 0 Å². The number of carbonyl (C=O) groups is 1. The molecule has 5 N–H and O–H groups in total. The summed E-state index contributed by atoms with van der Waals surface area (Å²) in [6, 6.07) is 18.9. The summed E-state index contributed by atoms with van der Waals surface area (Å²) in [4.78, 5) is 12.3. The van der Waals surface area contributed by atoms with Crippen molar-refractivity contribution < 1.29 is 37.7 Å². The van der Waals surface area contributed by atoms with Gasteiger partial charge in [0.2, 0.25) is 0 Å². The van der Waals surface area contributed by atoms with E-state index in [2.05, 4.69) is 10.1 Å². The second-order valence-corrected chi connectivity index (χ2v) is 8.06. The Kier molecular flexibility index (Phi) is 6.86. The third-order valence-corrected chi connectivity index (χ3v) is 5.77. The number of hydrogen-bond acceptors (Lipinski definition) is 6. The Morgan fingerprint density at radius 2 is 1.60 bits per heavy atom. The van der Waals surface area contributed by atoms with Crippen molar-refractivity contribution in [2.45, 2.75) is 24.5 Å². The number of amides is 1. The van der Waals surface area contributed by atoms with Crippen LogP contribution in [0.5, 0.6) is 5.75 Å². The second kappa shape index (κ2) is 9.85. The fraction of sp³-hybridized carbons (Fsp3) is 0.240. The largest absolute Gasteiger partial charge is 0.573 e. The van der Waals surface area contributed by atoms with Gasteiger partial charge in [-0.3, -0.25) is 0 Å². The molecule has 184 valence electrons. The van der Waals surface area contributed by atoms with Gasteiger partial charge >= 0.3 is 12.5 Å². The minimum atomic E-state index is -4.97. The summed E-state index contributed by atoms with van der Waals surface area (Å²) in [7, 11) is 0. The van der Waals surface area contributed by atoms with Crippen molar-refractivity contribution in [2.24, 2.45) is 0 Å². The monoisotopic (exact) mass is 488 g/mol. The number of benzene rings is 3. The molecule has 0 radical (unpaired) electrons. The summed E-state index contributed by atoms with van der Waals surface area (Å²) in [5.41, 5.74) is 9.35. The van der Waals surface area contributed by atoms with Crippen molar-refractivity contribution in [2.75, 3.05) is 18.9 Å². The summed E-state index contributed by atoms with van der Waals surface area (Å²) in [5.74, 6) is -0.851. The lowest BCUT2D eigenvalue weighted by Crippen LogP contribution is -2.36. The summed E-state index contributed by atoms with van der Waals surface area (Å²) in [6.07, 6.45) is -8.92. The Hall–Kier alpha value is -3.76. The van der Waals surface area contributed by atoms with E-state index in [0.29, 0.717) is 0 Å². The number of anilines is 1. The molecule has 0 aromatic heterocycles. The molecular formula is C25H23F3N2O5. The second-order valence-electron chi connectivity index (χ2n) is 8.06. The third kappa shape index (κ3) is 5.50. The molecule has 3 aromatic rings. The van der Waals surface area contributed by atoms with E-state index in [9.17, 15) is 28.2 Å². The number of aliphatic hydroxyl groups is 2. The van der Waals surface area contributed by atoms with Crippen LogP contribution in [0.1, 0.15) is 28.7 Å². The Labute approximate surface area is 198 Å². The summed E-state index contributed by atoms with van der Waals surface area (Å²) in [5, 5.41) is 22.9. The molecule has 10 heteroatoms. The Morgan fingerprint density at radius 3 is 2.20 bits per heavy atom. The number of ether oxygens (including phenoxy) is 2. The van der Waals surface area contributed by atoms with E-state index in [-0.39, 0.29) is 23.8 Å². The van der Waals surface area contributed by atoms with Crippen molar-refractivity contribution in [1.29, 1.82) is 0 Å². The zero-order valence-corrected chi connectivity index (χ0v) is 18.3. The van der Waals surface area contributed by atoms with Crippen molar-refractivity contribution in [3.05, 3.63) is 83.4 Å². The zero-order valence-electron chi connectivity index (χ0n) is 18.3. The van der Waals surface area contributed by atoms with Crippen LogP contribution in [0.15, 0.2) is 66.7 Å². The number of carbonyl (C=O) groups excluding carboxylic acids is 1. The van der Waals surface area contributed by atoms with Crippen LogP contribution in [0.4, 0.5) is 23.7 Å². The molecule has 1 aliphatic rings. The lowest BCUT2D eigenvalue weighted by molar-refractivity contribution is -0.274. The Balaban J connectivity index is 1.34. The van der Waals surface area contributed by atoms with E-state index < -0.39 is 37.0 Å². The van der Waals surface area contributed by atoms with E-state index in [1.54, 1.807) is 0 Å². The number of nitrogens with one attached hydrogen (secondary N) is 1. The number of nitrogen functional groups attached to an aromatic ring is 1. The SMILES string of the molecule is Nc1ccc(C(O)C(O)CNC(=O)OCC2c3ccccc3-c3ccccc32)cc1OC(F)(F)F. The molecule has 0 saturated heterocycles. The van der Waals surface area contributed by atoms with Crippen molar-refractivity contribution in [3.8, 4) is 16.9 Å². The molecular weight excluding hydrogens is 465 g/mol. The summed E-state index contributed by atoms with van der Waals surface area (Å²) >= 11 is 0. The molecule has 2 unspecified atom stereocenters. The third-order valence-electron chi connectivity index (χ3n) is 5.77. The minimum Gasteiger partial charge on any atom is -0.449 e. The smallest absolute Gasteiger partial charge is 0.449 e. The minimum absolute atomic E-state index is 0.0641. The van der Waals surface area contributed by atoms with Crippen LogP contribution in [-0.4, -0.2) is 41.9 Å². The first-order valence-electron chi connectivity index (χ1n) is 10.7. The molecule has 1 aliphatic carbocycles. The highest BCUT2D eigenvalue weighted by atomic mass is 19.4. The Bertz CT molecular complexity index is 1170. The van der Waals surface area contributed by atoms with Crippen LogP contribution in [0.25, 0.3) is 11.1 Å².